The van der Waals surface area contributed by atoms with Crippen molar-refractivity contribution in [2.24, 2.45) is 11.1 Å². The van der Waals surface area contributed by atoms with Crippen molar-refractivity contribution in [1.29, 1.82) is 0 Å². The highest BCUT2D eigenvalue weighted by atomic mass is 16.4. The van der Waals surface area contributed by atoms with Gasteiger partial charge in [0.25, 0.3) is 0 Å². The number of hydrogen-bond donors (Lipinski definition) is 2. The van der Waals surface area contributed by atoms with E-state index >= 15 is 0 Å². The Balaban J connectivity index is 1.33. The van der Waals surface area contributed by atoms with Crippen molar-refractivity contribution >= 4 is 22.8 Å². The van der Waals surface area contributed by atoms with E-state index in [1.165, 1.54) is 0 Å². The Labute approximate surface area is 228 Å². The molecule has 1 aliphatic heterocycles. The molecule has 0 amide bonds. The lowest BCUT2D eigenvalue weighted by Gasteiger charge is -2.30. The third-order valence-corrected chi connectivity index (χ3v) is 7.63. The Morgan fingerprint density at radius 2 is 1.72 bits per heavy atom. The summed E-state index contributed by atoms with van der Waals surface area (Å²) >= 11 is 0. The van der Waals surface area contributed by atoms with Crippen LogP contribution in [0.2, 0.25) is 0 Å². The number of pyridine rings is 1. The number of fused-ring (bicyclic) bond motifs is 1. The van der Waals surface area contributed by atoms with Gasteiger partial charge in [0, 0.05) is 29.8 Å². The Kier molecular flexibility index (Phi) is 7.74. The number of aryl methyl sites for hydroxylation is 3. The normalized spacial score (nSPS) is 15.2. The van der Waals surface area contributed by atoms with Crippen molar-refractivity contribution in [1.82, 2.24) is 19.4 Å². The minimum Gasteiger partial charge on any atom is -0.481 e. The zero-order chi connectivity index (χ0) is 27.5. The number of oxime groups is 1. The maximum atomic E-state index is 11.2. The third-order valence-electron chi connectivity index (χ3n) is 7.63. The molecule has 0 atom stereocenters. The van der Waals surface area contributed by atoms with Crippen LogP contribution in [0.15, 0.2) is 59.8 Å². The van der Waals surface area contributed by atoms with E-state index in [2.05, 4.69) is 58.8 Å². The largest absolute Gasteiger partial charge is 0.481 e. The highest BCUT2D eigenvalue weighted by Gasteiger charge is 2.24. The van der Waals surface area contributed by atoms with Crippen LogP contribution in [-0.2, 0) is 24.3 Å². The number of rotatable bonds is 8. The van der Waals surface area contributed by atoms with E-state index in [4.69, 9.17) is 9.97 Å². The third kappa shape index (κ3) is 5.71. The van der Waals surface area contributed by atoms with E-state index in [1.807, 2.05) is 31.2 Å². The van der Waals surface area contributed by atoms with Gasteiger partial charge in [-0.25, -0.2) is 9.97 Å². The first-order chi connectivity index (χ1) is 18.9. The molecule has 0 saturated carbocycles. The summed E-state index contributed by atoms with van der Waals surface area (Å²) in [4.78, 5) is 23.2. The van der Waals surface area contributed by atoms with E-state index in [1.54, 1.807) is 0 Å². The lowest BCUT2D eigenvalue weighted by Crippen LogP contribution is -2.35. The minimum absolute atomic E-state index is 0.228. The highest BCUT2D eigenvalue weighted by Crippen LogP contribution is 2.23. The molecule has 2 aromatic heterocycles. The van der Waals surface area contributed by atoms with E-state index < -0.39 is 5.97 Å². The number of likely N-dealkylation sites (tertiary alicyclic amines) is 1. The fourth-order valence-corrected chi connectivity index (χ4v) is 5.53. The zero-order valence-corrected chi connectivity index (χ0v) is 22.8. The molecule has 202 valence electrons. The maximum Gasteiger partial charge on any atom is 0.306 e. The van der Waals surface area contributed by atoms with Crippen LogP contribution >= 0.6 is 0 Å². The van der Waals surface area contributed by atoms with Gasteiger partial charge in [0.15, 0.2) is 5.65 Å². The number of carboxylic acid groups (broad SMARTS) is 1. The van der Waals surface area contributed by atoms with Gasteiger partial charge in [0.05, 0.1) is 12.5 Å². The second-order valence-electron chi connectivity index (χ2n) is 10.5. The van der Waals surface area contributed by atoms with Crippen LogP contribution < -0.4 is 0 Å². The number of nitrogens with zero attached hydrogens (tertiary/aromatic N) is 5. The molecule has 1 fully saturated rings. The molecule has 39 heavy (non-hydrogen) atoms. The molecule has 3 heterocycles. The van der Waals surface area contributed by atoms with Crippen molar-refractivity contribution in [2.45, 2.75) is 53.1 Å². The summed E-state index contributed by atoms with van der Waals surface area (Å²) < 4.78 is 2.18. The van der Waals surface area contributed by atoms with Crippen LogP contribution in [0.5, 0.6) is 0 Å². The first-order valence-electron chi connectivity index (χ1n) is 13.6. The number of aromatic nitrogens is 3. The molecule has 8 nitrogen and oxygen atoms in total. The molecule has 0 aliphatic carbocycles. The quantitative estimate of drug-likeness (QED) is 0.187. The van der Waals surface area contributed by atoms with Gasteiger partial charge < -0.3 is 14.9 Å². The molecule has 0 radical (unpaired) electrons. The van der Waals surface area contributed by atoms with E-state index in [-0.39, 0.29) is 5.92 Å². The number of carboxylic acids is 1. The first kappa shape index (κ1) is 26.6. The molecule has 8 heteroatoms. The summed E-state index contributed by atoms with van der Waals surface area (Å²) in [5.41, 5.74) is 8.34. The Morgan fingerprint density at radius 3 is 2.38 bits per heavy atom. The van der Waals surface area contributed by atoms with Crippen molar-refractivity contribution in [3.63, 3.8) is 0 Å². The smallest absolute Gasteiger partial charge is 0.306 e. The van der Waals surface area contributed by atoms with E-state index in [0.717, 1.165) is 76.6 Å². The van der Waals surface area contributed by atoms with Crippen LogP contribution in [0.25, 0.3) is 11.2 Å². The number of imidazole rings is 1. The monoisotopic (exact) mass is 525 g/mol. The maximum absolute atomic E-state index is 11.2. The second kappa shape index (κ2) is 11.4. The molecule has 5 rings (SSSR count). The molecule has 4 aromatic rings. The number of piperidine rings is 1. The van der Waals surface area contributed by atoms with Gasteiger partial charge in [-0.3, -0.25) is 9.69 Å². The number of hydrogen-bond acceptors (Lipinski definition) is 6. The lowest BCUT2D eigenvalue weighted by molar-refractivity contribution is -0.143. The number of benzene rings is 2. The Hall–Kier alpha value is -4.04. The molecule has 1 saturated heterocycles. The van der Waals surface area contributed by atoms with Crippen molar-refractivity contribution in [3.8, 4) is 0 Å². The summed E-state index contributed by atoms with van der Waals surface area (Å²) in [5, 5.41) is 22.9. The number of carbonyl (C=O) groups is 1. The predicted octanol–water partition coefficient (Wildman–Crippen LogP) is 5.18. The van der Waals surface area contributed by atoms with Crippen LogP contribution in [0.4, 0.5) is 0 Å². The second-order valence-corrected chi connectivity index (χ2v) is 10.5. The van der Waals surface area contributed by atoms with Gasteiger partial charge in [0.1, 0.15) is 17.1 Å². The average Bonchev–Trinajstić information content (AvgIpc) is 3.28. The molecule has 1 aliphatic rings. The highest BCUT2D eigenvalue weighted by molar-refractivity contribution is 6.12. The predicted molar refractivity (Wildman–Crippen MR) is 151 cm³/mol. The topological polar surface area (TPSA) is 104 Å². The summed E-state index contributed by atoms with van der Waals surface area (Å²) in [6.45, 7) is 9.16. The Morgan fingerprint density at radius 1 is 0.974 bits per heavy atom. The standard InChI is InChI=1S/C31H35N5O3/c1-4-27-33-28-20(2)16-21(3)32-30(28)36(27)19-23-6-5-7-26(17-23)29(34-39)24-10-8-22(9-11-24)18-35-14-12-25(13-15-35)31(37)38/h5-11,16-17,25,39H,4,12-15,18-19H2,1-3H3,(H,37,38)/b34-29+. The lowest BCUT2D eigenvalue weighted by atomic mass is 9.96. The first-order valence-corrected chi connectivity index (χ1v) is 13.6. The molecule has 0 bridgehead atoms. The molecule has 0 spiro atoms. The van der Waals surface area contributed by atoms with Crippen molar-refractivity contribution in [2.75, 3.05) is 13.1 Å². The minimum atomic E-state index is -0.690. The zero-order valence-electron chi connectivity index (χ0n) is 22.8. The van der Waals surface area contributed by atoms with E-state index in [0.29, 0.717) is 25.1 Å². The van der Waals surface area contributed by atoms with Gasteiger partial charge in [-0.05, 0) is 68.6 Å². The van der Waals surface area contributed by atoms with Crippen LogP contribution in [-0.4, -0.2) is 54.5 Å². The average molecular weight is 526 g/mol. The number of aliphatic carboxylic acids is 1. The summed E-state index contributed by atoms with van der Waals surface area (Å²) in [5.74, 6) is 0.0774. The fraction of sp³-hybridized carbons (Fsp3) is 0.355. The van der Waals surface area contributed by atoms with Gasteiger partial charge >= 0.3 is 5.97 Å². The molecule has 2 N–H and O–H groups in total. The Bertz CT molecular complexity index is 1520. The summed E-state index contributed by atoms with van der Waals surface area (Å²) in [6.07, 6.45) is 2.19. The molecule has 2 aromatic carbocycles. The summed E-state index contributed by atoms with van der Waals surface area (Å²) in [7, 11) is 0. The fourth-order valence-electron chi connectivity index (χ4n) is 5.53. The van der Waals surface area contributed by atoms with Gasteiger partial charge in [0.2, 0.25) is 0 Å². The summed E-state index contributed by atoms with van der Waals surface area (Å²) in [6, 6.07) is 18.2. The van der Waals surface area contributed by atoms with Crippen molar-refractivity contribution in [3.05, 3.63) is 93.9 Å². The molecular weight excluding hydrogens is 490 g/mol. The van der Waals surface area contributed by atoms with E-state index in [9.17, 15) is 15.1 Å². The molecular formula is C31H35N5O3. The SMILES string of the molecule is CCc1nc2c(C)cc(C)nc2n1Cc1cccc(/C(=N/O)c2ccc(CN3CCC(C(=O)O)CC3)cc2)c1. The van der Waals surface area contributed by atoms with Crippen molar-refractivity contribution < 1.29 is 15.1 Å². The van der Waals surface area contributed by atoms with Crippen LogP contribution in [0.3, 0.4) is 0 Å². The van der Waals surface area contributed by atoms with Crippen LogP contribution in [0, 0.1) is 19.8 Å². The van der Waals surface area contributed by atoms with Gasteiger partial charge in [-0.1, -0.05) is 54.5 Å². The van der Waals surface area contributed by atoms with Gasteiger partial charge in [-0.2, -0.15) is 0 Å². The molecule has 0 unspecified atom stereocenters. The van der Waals surface area contributed by atoms with Crippen LogP contribution in [0.1, 0.15) is 59.1 Å². The van der Waals surface area contributed by atoms with Gasteiger partial charge in [-0.15, -0.1) is 0 Å².